The minimum atomic E-state index is -0.189. The van der Waals surface area contributed by atoms with E-state index in [0.29, 0.717) is 11.1 Å². The lowest BCUT2D eigenvalue weighted by Gasteiger charge is -2.04. The molecule has 4 rings (SSSR count). The highest BCUT2D eigenvalue weighted by Crippen LogP contribution is 2.38. The number of carbonyl (C=O) groups excluding carboxylic acids is 1. The lowest BCUT2D eigenvalue weighted by Crippen LogP contribution is -2.01. The molecule has 4 heteroatoms. The van der Waals surface area contributed by atoms with E-state index in [4.69, 9.17) is 11.6 Å². The number of halogens is 1. The monoisotopic (exact) mass is 338 g/mol. The van der Waals surface area contributed by atoms with Gasteiger partial charge >= 0.3 is 0 Å². The van der Waals surface area contributed by atoms with Crippen LogP contribution in [0.25, 0.3) is 20.2 Å². The van der Waals surface area contributed by atoms with E-state index in [9.17, 15) is 9.90 Å². The van der Waals surface area contributed by atoms with Crippen molar-refractivity contribution in [3.05, 3.63) is 76.8 Å². The fourth-order valence-electron chi connectivity index (χ4n) is 2.73. The molecule has 4 aromatic rings. The molecule has 1 N–H and O–H groups in total. The van der Waals surface area contributed by atoms with Gasteiger partial charge in [-0.3, -0.25) is 4.79 Å². The van der Waals surface area contributed by atoms with Crippen molar-refractivity contribution in [1.29, 1.82) is 0 Å². The summed E-state index contributed by atoms with van der Waals surface area (Å²) in [6.07, 6.45) is 0. The topological polar surface area (TPSA) is 37.3 Å². The molecular weight excluding hydrogens is 328 g/mol. The van der Waals surface area contributed by atoms with E-state index in [-0.39, 0.29) is 11.5 Å². The van der Waals surface area contributed by atoms with Gasteiger partial charge in [0, 0.05) is 21.0 Å². The highest BCUT2D eigenvalue weighted by atomic mass is 35.5. The molecule has 0 saturated carbocycles. The largest absolute Gasteiger partial charge is 0.507 e. The van der Waals surface area contributed by atoms with Crippen molar-refractivity contribution >= 4 is 48.9 Å². The predicted octanol–water partition coefficient (Wildman–Crippen LogP) is 5.64. The summed E-state index contributed by atoms with van der Waals surface area (Å²) in [6, 6.07) is 18.0. The second-order valence-electron chi connectivity index (χ2n) is 5.28. The van der Waals surface area contributed by atoms with E-state index in [1.807, 2.05) is 30.3 Å². The first-order chi connectivity index (χ1) is 11.1. The Labute approximate surface area is 141 Å². The molecule has 0 atom stereocenters. The summed E-state index contributed by atoms with van der Waals surface area (Å²) in [5.74, 6) is -0.192. The molecule has 0 aliphatic rings. The number of phenolic OH excluding ortho intramolecular Hbond substituents is 1. The van der Waals surface area contributed by atoms with Crippen molar-refractivity contribution in [2.45, 2.75) is 0 Å². The Morgan fingerprint density at radius 2 is 1.78 bits per heavy atom. The Bertz CT molecular complexity index is 1070. The third kappa shape index (κ3) is 2.29. The van der Waals surface area contributed by atoms with E-state index in [2.05, 4.69) is 0 Å². The van der Waals surface area contributed by atoms with Gasteiger partial charge in [0.15, 0.2) is 5.78 Å². The number of fused-ring (bicyclic) bond motifs is 3. The molecular formula is C19H11ClO2S. The Balaban J connectivity index is 1.92. The SMILES string of the molecule is O=C(c1ccc2sc3c(Cl)cccc3c2c1)c1ccccc1O. The third-order valence-electron chi connectivity index (χ3n) is 3.86. The average molecular weight is 339 g/mol. The predicted molar refractivity (Wildman–Crippen MR) is 95.9 cm³/mol. The van der Waals surface area contributed by atoms with Gasteiger partial charge in [-0.05, 0) is 36.4 Å². The van der Waals surface area contributed by atoms with E-state index < -0.39 is 0 Å². The van der Waals surface area contributed by atoms with Crippen LogP contribution in [-0.2, 0) is 0 Å². The summed E-state index contributed by atoms with van der Waals surface area (Å²) in [5.41, 5.74) is 0.864. The van der Waals surface area contributed by atoms with Crippen LogP contribution >= 0.6 is 22.9 Å². The number of phenols is 1. The quantitative estimate of drug-likeness (QED) is 0.480. The molecule has 0 radical (unpaired) electrons. The molecule has 0 unspecified atom stereocenters. The van der Waals surface area contributed by atoms with Gasteiger partial charge in [0.1, 0.15) is 5.75 Å². The van der Waals surface area contributed by atoms with Crippen molar-refractivity contribution in [3.8, 4) is 5.75 Å². The van der Waals surface area contributed by atoms with Crippen LogP contribution in [0.15, 0.2) is 60.7 Å². The van der Waals surface area contributed by atoms with Gasteiger partial charge in [-0.1, -0.05) is 35.9 Å². The van der Waals surface area contributed by atoms with Gasteiger partial charge in [0.25, 0.3) is 0 Å². The molecule has 0 saturated heterocycles. The van der Waals surface area contributed by atoms with E-state index in [0.717, 1.165) is 25.2 Å². The fourth-order valence-corrected chi connectivity index (χ4v) is 4.11. The van der Waals surface area contributed by atoms with E-state index >= 15 is 0 Å². The third-order valence-corrected chi connectivity index (χ3v) is 5.51. The average Bonchev–Trinajstić information content (AvgIpc) is 2.94. The molecule has 1 aromatic heterocycles. The van der Waals surface area contributed by atoms with Crippen molar-refractivity contribution in [3.63, 3.8) is 0 Å². The molecule has 0 aliphatic carbocycles. The van der Waals surface area contributed by atoms with Crippen LogP contribution in [0.3, 0.4) is 0 Å². The van der Waals surface area contributed by atoms with Crippen LogP contribution in [0.2, 0.25) is 5.02 Å². The van der Waals surface area contributed by atoms with Crippen molar-refractivity contribution in [2.24, 2.45) is 0 Å². The number of thiophene rings is 1. The number of para-hydroxylation sites is 1. The van der Waals surface area contributed by atoms with Crippen molar-refractivity contribution < 1.29 is 9.90 Å². The number of ketones is 1. The van der Waals surface area contributed by atoms with Gasteiger partial charge < -0.3 is 5.11 Å². The van der Waals surface area contributed by atoms with Crippen LogP contribution < -0.4 is 0 Å². The fraction of sp³-hybridized carbons (Fsp3) is 0. The smallest absolute Gasteiger partial charge is 0.196 e. The Morgan fingerprint density at radius 1 is 0.957 bits per heavy atom. The number of rotatable bonds is 2. The lowest BCUT2D eigenvalue weighted by atomic mass is 10.0. The van der Waals surface area contributed by atoms with Crippen LogP contribution in [0, 0.1) is 0 Å². The number of benzene rings is 3. The van der Waals surface area contributed by atoms with Crippen molar-refractivity contribution in [2.75, 3.05) is 0 Å². The summed E-state index contributed by atoms with van der Waals surface area (Å²) in [6.45, 7) is 0. The number of carbonyl (C=O) groups is 1. The first-order valence-electron chi connectivity index (χ1n) is 7.08. The molecule has 23 heavy (non-hydrogen) atoms. The van der Waals surface area contributed by atoms with Gasteiger partial charge in [-0.15, -0.1) is 11.3 Å². The minimum Gasteiger partial charge on any atom is -0.507 e. The summed E-state index contributed by atoms with van der Waals surface area (Å²) < 4.78 is 2.11. The van der Waals surface area contributed by atoms with E-state index in [1.165, 1.54) is 6.07 Å². The first kappa shape index (κ1) is 14.2. The maximum atomic E-state index is 12.7. The van der Waals surface area contributed by atoms with Gasteiger partial charge in [0.05, 0.1) is 15.3 Å². The van der Waals surface area contributed by atoms with Crippen LogP contribution in [-0.4, -0.2) is 10.9 Å². The standard InChI is InChI=1S/C19H11ClO2S/c20-15-6-3-5-12-14-10-11(8-9-17(14)23-19(12)15)18(22)13-4-1-2-7-16(13)21/h1-10,21H. The van der Waals surface area contributed by atoms with Crippen LogP contribution in [0.1, 0.15) is 15.9 Å². The lowest BCUT2D eigenvalue weighted by molar-refractivity contribution is 0.103. The maximum absolute atomic E-state index is 12.7. The zero-order chi connectivity index (χ0) is 16.0. The number of hydrogen-bond donors (Lipinski definition) is 1. The molecule has 0 bridgehead atoms. The zero-order valence-corrected chi connectivity index (χ0v) is 13.5. The molecule has 0 fully saturated rings. The summed E-state index contributed by atoms with van der Waals surface area (Å²) in [5, 5.41) is 12.7. The first-order valence-corrected chi connectivity index (χ1v) is 8.28. The maximum Gasteiger partial charge on any atom is 0.196 e. The zero-order valence-electron chi connectivity index (χ0n) is 11.9. The highest BCUT2D eigenvalue weighted by molar-refractivity contribution is 7.26. The number of aromatic hydroxyl groups is 1. The van der Waals surface area contributed by atoms with Gasteiger partial charge in [-0.2, -0.15) is 0 Å². The van der Waals surface area contributed by atoms with Crippen molar-refractivity contribution in [1.82, 2.24) is 0 Å². The van der Waals surface area contributed by atoms with Gasteiger partial charge in [-0.25, -0.2) is 0 Å². The second-order valence-corrected chi connectivity index (χ2v) is 6.74. The second kappa shape index (κ2) is 5.37. The molecule has 0 amide bonds. The Kier molecular flexibility index (Phi) is 3.33. The normalized spacial score (nSPS) is 11.2. The van der Waals surface area contributed by atoms with Crippen LogP contribution in [0.4, 0.5) is 0 Å². The van der Waals surface area contributed by atoms with E-state index in [1.54, 1.807) is 35.6 Å². The molecule has 3 aromatic carbocycles. The molecule has 112 valence electrons. The van der Waals surface area contributed by atoms with Crippen LogP contribution in [0.5, 0.6) is 5.75 Å². The minimum absolute atomic E-state index is 0.00387. The summed E-state index contributed by atoms with van der Waals surface area (Å²) >= 11 is 7.87. The van der Waals surface area contributed by atoms with Gasteiger partial charge in [0.2, 0.25) is 0 Å². The molecule has 1 heterocycles. The Morgan fingerprint density at radius 3 is 2.61 bits per heavy atom. The summed E-state index contributed by atoms with van der Waals surface area (Å²) in [7, 11) is 0. The molecule has 0 aliphatic heterocycles. The highest BCUT2D eigenvalue weighted by Gasteiger charge is 2.15. The molecule has 2 nitrogen and oxygen atoms in total. The Hall–Kier alpha value is -2.36. The number of hydrogen-bond acceptors (Lipinski definition) is 3. The molecule has 0 spiro atoms. The summed E-state index contributed by atoms with van der Waals surface area (Å²) in [4.78, 5) is 12.7.